The van der Waals surface area contributed by atoms with Crippen LogP contribution in [0.1, 0.15) is 33.1 Å². The second-order valence-corrected chi connectivity index (χ2v) is 4.22. The van der Waals surface area contributed by atoms with E-state index in [0.717, 1.165) is 19.4 Å². The molecule has 1 unspecified atom stereocenters. The Kier molecular flexibility index (Phi) is 3.89. The predicted molar refractivity (Wildman–Crippen MR) is 54.9 cm³/mol. The Bertz CT molecular complexity index is 200. The fourth-order valence-electron chi connectivity index (χ4n) is 1.61. The van der Waals surface area contributed by atoms with E-state index in [-0.39, 0.29) is 11.4 Å². The number of amides is 1. The van der Waals surface area contributed by atoms with E-state index in [1.165, 1.54) is 0 Å². The lowest BCUT2D eigenvalue weighted by molar-refractivity contribution is -0.126. The minimum Gasteiger partial charge on any atom is -0.379 e. The van der Waals surface area contributed by atoms with E-state index in [0.29, 0.717) is 13.0 Å². The highest BCUT2D eigenvalue weighted by atomic mass is 16.5. The van der Waals surface area contributed by atoms with Crippen molar-refractivity contribution in [3.8, 4) is 0 Å². The van der Waals surface area contributed by atoms with Crippen LogP contribution in [-0.2, 0) is 9.53 Å². The van der Waals surface area contributed by atoms with Gasteiger partial charge in [0.2, 0.25) is 5.91 Å². The molecule has 82 valence electrons. The lowest BCUT2D eigenvalue weighted by Crippen LogP contribution is -2.55. The third-order valence-corrected chi connectivity index (χ3v) is 2.64. The van der Waals surface area contributed by atoms with E-state index in [4.69, 9.17) is 10.5 Å². The molecule has 3 N–H and O–H groups in total. The Hall–Kier alpha value is -0.610. The van der Waals surface area contributed by atoms with E-state index in [1.807, 2.05) is 13.8 Å². The molecule has 0 aliphatic carbocycles. The number of carbonyl (C=O) groups excluding carboxylic acids is 1. The molecule has 0 aromatic rings. The van der Waals surface area contributed by atoms with E-state index in [2.05, 4.69) is 5.32 Å². The van der Waals surface area contributed by atoms with E-state index in [9.17, 15) is 4.79 Å². The van der Waals surface area contributed by atoms with Crippen LogP contribution in [0.5, 0.6) is 0 Å². The molecule has 0 aromatic carbocycles. The molecule has 1 rings (SSSR count). The van der Waals surface area contributed by atoms with Crippen LogP contribution in [0.15, 0.2) is 0 Å². The van der Waals surface area contributed by atoms with Crippen molar-refractivity contribution in [3.05, 3.63) is 0 Å². The van der Waals surface area contributed by atoms with Crippen molar-refractivity contribution < 1.29 is 9.53 Å². The second-order valence-electron chi connectivity index (χ2n) is 4.22. The summed E-state index contributed by atoms with van der Waals surface area (Å²) in [5.41, 5.74) is 5.42. The van der Waals surface area contributed by atoms with Gasteiger partial charge in [-0.2, -0.15) is 0 Å². The first-order chi connectivity index (χ1) is 6.57. The molecule has 4 nitrogen and oxygen atoms in total. The summed E-state index contributed by atoms with van der Waals surface area (Å²) >= 11 is 0. The molecule has 4 heteroatoms. The standard InChI is InChI=1S/C10H20N2O2/c1-3-8(11)9(13)12-10(2)5-4-6-14-7-10/h8H,3-7,11H2,1-2H3,(H,12,13)/t8-,10?/m0/s1. The Balaban J connectivity index is 2.44. The second kappa shape index (κ2) is 4.75. The van der Waals surface area contributed by atoms with Crippen LogP contribution in [0.25, 0.3) is 0 Å². The maximum Gasteiger partial charge on any atom is 0.237 e. The van der Waals surface area contributed by atoms with Gasteiger partial charge in [0.05, 0.1) is 18.2 Å². The van der Waals surface area contributed by atoms with Gasteiger partial charge in [0.15, 0.2) is 0 Å². The molecule has 1 heterocycles. The quantitative estimate of drug-likeness (QED) is 0.693. The average molecular weight is 200 g/mol. The lowest BCUT2D eigenvalue weighted by Gasteiger charge is -2.35. The number of nitrogens with two attached hydrogens (primary N) is 1. The van der Waals surface area contributed by atoms with E-state index >= 15 is 0 Å². The largest absolute Gasteiger partial charge is 0.379 e. The number of carbonyl (C=O) groups is 1. The first-order valence-electron chi connectivity index (χ1n) is 5.23. The van der Waals surface area contributed by atoms with Gasteiger partial charge in [-0.3, -0.25) is 4.79 Å². The molecule has 14 heavy (non-hydrogen) atoms. The van der Waals surface area contributed by atoms with Crippen LogP contribution in [0.3, 0.4) is 0 Å². The van der Waals surface area contributed by atoms with E-state index in [1.54, 1.807) is 0 Å². The van der Waals surface area contributed by atoms with Crippen LogP contribution in [0, 0.1) is 0 Å². The summed E-state index contributed by atoms with van der Waals surface area (Å²) in [5, 5.41) is 2.96. The summed E-state index contributed by atoms with van der Waals surface area (Å²) in [5.74, 6) is -0.0690. The van der Waals surface area contributed by atoms with Crippen molar-refractivity contribution in [1.29, 1.82) is 0 Å². The summed E-state index contributed by atoms with van der Waals surface area (Å²) in [6, 6.07) is -0.395. The Morgan fingerprint density at radius 3 is 2.93 bits per heavy atom. The Labute approximate surface area is 85.2 Å². The number of rotatable bonds is 3. The molecule has 1 fully saturated rings. The average Bonchev–Trinajstić information content (AvgIpc) is 2.17. The summed E-state index contributed by atoms with van der Waals surface area (Å²) in [7, 11) is 0. The number of ether oxygens (including phenoxy) is 1. The number of hydrogen-bond acceptors (Lipinski definition) is 3. The third-order valence-electron chi connectivity index (χ3n) is 2.64. The summed E-state index contributed by atoms with van der Waals surface area (Å²) < 4.78 is 5.34. The van der Waals surface area contributed by atoms with Crippen LogP contribution >= 0.6 is 0 Å². The predicted octanol–water partition coefficient (Wildman–Crippen LogP) is 0.409. The SMILES string of the molecule is CC[C@H](N)C(=O)NC1(C)CCCOC1. The Morgan fingerprint density at radius 1 is 1.71 bits per heavy atom. The van der Waals surface area contributed by atoms with Gasteiger partial charge >= 0.3 is 0 Å². The third kappa shape index (κ3) is 2.96. The topological polar surface area (TPSA) is 64.4 Å². The molecule has 2 atom stereocenters. The van der Waals surface area contributed by atoms with Gasteiger partial charge in [-0.15, -0.1) is 0 Å². The molecule has 0 radical (unpaired) electrons. The van der Waals surface area contributed by atoms with Gasteiger partial charge in [-0.1, -0.05) is 6.92 Å². The molecule has 0 spiro atoms. The molecule has 0 aromatic heterocycles. The highest BCUT2D eigenvalue weighted by Crippen LogP contribution is 2.18. The zero-order valence-electron chi connectivity index (χ0n) is 9.01. The highest BCUT2D eigenvalue weighted by molar-refractivity contribution is 5.82. The monoisotopic (exact) mass is 200 g/mol. The van der Waals surface area contributed by atoms with Gasteiger partial charge in [0.1, 0.15) is 0 Å². The summed E-state index contributed by atoms with van der Waals surface area (Å²) in [6.45, 7) is 5.30. The van der Waals surface area contributed by atoms with Gasteiger partial charge in [0, 0.05) is 6.61 Å². The molecule has 1 aliphatic heterocycles. The van der Waals surface area contributed by atoms with Crippen molar-refractivity contribution in [2.45, 2.75) is 44.7 Å². The fourth-order valence-corrected chi connectivity index (χ4v) is 1.61. The fraction of sp³-hybridized carbons (Fsp3) is 0.900. The van der Waals surface area contributed by atoms with Crippen LogP contribution in [-0.4, -0.2) is 30.7 Å². The lowest BCUT2D eigenvalue weighted by atomic mass is 9.94. The number of nitrogens with one attached hydrogen (secondary N) is 1. The van der Waals surface area contributed by atoms with E-state index < -0.39 is 6.04 Å². The van der Waals surface area contributed by atoms with Gasteiger partial charge in [-0.05, 0) is 26.2 Å². The van der Waals surface area contributed by atoms with Crippen LogP contribution in [0.2, 0.25) is 0 Å². The smallest absolute Gasteiger partial charge is 0.237 e. The zero-order valence-corrected chi connectivity index (χ0v) is 9.01. The van der Waals surface area contributed by atoms with Crippen molar-refractivity contribution in [3.63, 3.8) is 0 Å². The molecule has 1 amide bonds. The maximum atomic E-state index is 11.6. The van der Waals surface area contributed by atoms with Gasteiger partial charge < -0.3 is 15.8 Å². The number of hydrogen-bond donors (Lipinski definition) is 2. The van der Waals surface area contributed by atoms with Crippen molar-refractivity contribution in [2.24, 2.45) is 5.73 Å². The van der Waals surface area contributed by atoms with Crippen LogP contribution < -0.4 is 11.1 Å². The molecule has 1 aliphatic rings. The van der Waals surface area contributed by atoms with Gasteiger partial charge in [-0.25, -0.2) is 0 Å². The Morgan fingerprint density at radius 2 is 2.43 bits per heavy atom. The highest BCUT2D eigenvalue weighted by Gasteiger charge is 2.30. The molecular weight excluding hydrogens is 180 g/mol. The summed E-state index contributed by atoms with van der Waals surface area (Å²) in [4.78, 5) is 11.6. The van der Waals surface area contributed by atoms with Crippen LogP contribution in [0.4, 0.5) is 0 Å². The minimum absolute atomic E-state index is 0.0690. The molecular formula is C10H20N2O2. The normalized spacial score (nSPS) is 29.6. The molecule has 0 saturated carbocycles. The maximum absolute atomic E-state index is 11.6. The molecule has 1 saturated heterocycles. The zero-order chi connectivity index (χ0) is 10.6. The van der Waals surface area contributed by atoms with Crippen molar-refractivity contribution in [1.82, 2.24) is 5.32 Å². The summed E-state index contributed by atoms with van der Waals surface area (Å²) in [6.07, 6.45) is 2.64. The first-order valence-corrected chi connectivity index (χ1v) is 5.23. The van der Waals surface area contributed by atoms with Gasteiger partial charge in [0.25, 0.3) is 0 Å². The minimum atomic E-state index is -0.395. The van der Waals surface area contributed by atoms with Crippen molar-refractivity contribution in [2.75, 3.05) is 13.2 Å². The van der Waals surface area contributed by atoms with Crippen molar-refractivity contribution >= 4 is 5.91 Å². The molecule has 0 bridgehead atoms. The first kappa shape index (κ1) is 11.5.